The lowest BCUT2D eigenvalue weighted by Gasteiger charge is -2.31. The van der Waals surface area contributed by atoms with Crippen LogP contribution in [0.4, 0.5) is 0 Å². The van der Waals surface area contributed by atoms with Crippen molar-refractivity contribution in [2.24, 2.45) is 10.7 Å². The SMILES string of the molecule is N[C@@H]1N=C(c2ccc(Cl)cc2)C2=C(N1)c1ccccc1CC2. The van der Waals surface area contributed by atoms with Gasteiger partial charge in [-0.15, -0.1) is 0 Å². The number of aliphatic imine (C=N–C) groups is 1. The van der Waals surface area contributed by atoms with Crippen molar-refractivity contribution in [3.63, 3.8) is 0 Å². The summed E-state index contributed by atoms with van der Waals surface area (Å²) < 4.78 is 0. The molecule has 1 atom stereocenters. The molecule has 0 spiro atoms. The van der Waals surface area contributed by atoms with Crippen molar-refractivity contribution < 1.29 is 0 Å². The lowest BCUT2D eigenvalue weighted by atomic mass is 9.84. The van der Waals surface area contributed by atoms with E-state index in [2.05, 4.69) is 34.6 Å². The number of rotatable bonds is 1. The molecule has 3 nitrogen and oxygen atoms in total. The van der Waals surface area contributed by atoms with Crippen LogP contribution in [-0.4, -0.2) is 12.0 Å². The van der Waals surface area contributed by atoms with Gasteiger partial charge in [0, 0.05) is 27.4 Å². The molecule has 0 saturated carbocycles. The Bertz CT molecular complexity index is 790. The molecule has 0 bridgehead atoms. The molecule has 0 unspecified atom stereocenters. The highest BCUT2D eigenvalue weighted by molar-refractivity contribution is 6.30. The van der Waals surface area contributed by atoms with Gasteiger partial charge in [0.1, 0.15) is 0 Å². The minimum atomic E-state index is -0.421. The van der Waals surface area contributed by atoms with Gasteiger partial charge < -0.3 is 5.32 Å². The van der Waals surface area contributed by atoms with Crippen LogP contribution in [0.2, 0.25) is 5.02 Å². The third kappa shape index (κ3) is 2.23. The van der Waals surface area contributed by atoms with E-state index in [0.717, 1.165) is 34.8 Å². The Balaban J connectivity index is 1.86. The van der Waals surface area contributed by atoms with E-state index in [9.17, 15) is 0 Å². The zero-order valence-electron chi connectivity index (χ0n) is 12.0. The summed E-state index contributed by atoms with van der Waals surface area (Å²) >= 11 is 5.99. The number of nitrogens with one attached hydrogen (secondary N) is 1. The van der Waals surface area contributed by atoms with Gasteiger partial charge >= 0.3 is 0 Å². The number of halogens is 1. The normalized spacial score (nSPS) is 19.9. The molecular weight excluding hydrogens is 294 g/mol. The van der Waals surface area contributed by atoms with Crippen LogP contribution in [0.25, 0.3) is 5.70 Å². The fraction of sp³-hybridized carbons (Fsp3) is 0.167. The van der Waals surface area contributed by atoms with Crippen LogP contribution in [0.15, 0.2) is 59.1 Å². The first-order valence-corrected chi connectivity index (χ1v) is 7.78. The van der Waals surface area contributed by atoms with Crippen LogP contribution in [-0.2, 0) is 6.42 Å². The quantitative estimate of drug-likeness (QED) is 0.849. The van der Waals surface area contributed by atoms with E-state index in [-0.39, 0.29) is 0 Å². The summed E-state index contributed by atoms with van der Waals surface area (Å²) in [6.45, 7) is 0. The largest absolute Gasteiger partial charge is 0.351 e. The van der Waals surface area contributed by atoms with Gasteiger partial charge in [-0.3, -0.25) is 5.73 Å². The maximum Gasteiger partial charge on any atom is 0.171 e. The molecule has 2 aromatic rings. The van der Waals surface area contributed by atoms with Crippen LogP contribution in [0.3, 0.4) is 0 Å². The summed E-state index contributed by atoms with van der Waals surface area (Å²) in [6.07, 6.45) is 1.57. The van der Waals surface area contributed by atoms with Gasteiger partial charge in [-0.05, 0) is 30.5 Å². The van der Waals surface area contributed by atoms with Crippen LogP contribution >= 0.6 is 11.6 Å². The van der Waals surface area contributed by atoms with Gasteiger partial charge in [0.2, 0.25) is 0 Å². The van der Waals surface area contributed by atoms with Crippen molar-refractivity contribution in [3.8, 4) is 0 Å². The summed E-state index contributed by atoms with van der Waals surface area (Å²) in [4.78, 5) is 4.62. The average molecular weight is 310 g/mol. The van der Waals surface area contributed by atoms with Crippen LogP contribution in [0.5, 0.6) is 0 Å². The second kappa shape index (κ2) is 5.27. The van der Waals surface area contributed by atoms with E-state index < -0.39 is 6.29 Å². The Hall–Kier alpha value is -2.10. The van der Waals surface area contributed by atoms with Crippen molar-refractivity contribution >= 4 is 23.0 Å². The first-order chi connectivity index (χ1) is 10.7. The molecule has 1 aliphatic heterocycles. The number of hydrogen-bond donors (Lipinski definition) is 2. The van der Waals surface area contributed by atoms with Gasteiger partial charge in [0.15, 0.2) is 6.29 Å². The molecule has 0 saturated heterocycles. The number of aryl methyl sites for hydroxylation is 1. The number of allylic oxidation sites excluding steroid dienone is 1. The summed E-state index contributed by atoms with van der Waals surface area (Å²) in [5, 5.41) is 4.06. The molecule has 22 heavy (non-hydrogen) atoms. The number of nitrogens with two attached hydrogens (primary N) is 1. The molecule has 0 amide bonds. The van der Waals surface area contributed by atoms with Crippen molar-refractivity contribution in [2.45, 2.75) is 19.1 Å². The fourth-order valence-corrected chi connectivity index (χ4v) is 3.31. The zero-order chi connectivity index (χ0) is 15.1. The molecule has 0 fully saturated rings. The zero-order valence-corrected chi connectivity index (χ0v) is 12.8. The molecular formula is C18H16ClN3. The predicted molar refractivity (Wildman–Crippen MR) is 90.8 cm³/mol. The van der Waals surface area contributed by atoms with Crippen LogP contribution in [0, 0.1) is 0 Å². The summed E-state index contributed by atoms with van der Waals surface area (Å²) in [5.41, 5.74) is 13.1. The Morgan fingerprint density at radius 2 is 1.82 bits per heavy atom. The molecule has 110 valence electrons. The van der Waals surface area contributed by atoms with E-state index in [4.69, 9.17) is 17.3 Å². The molecule has 4 rings (SSSR count). The highest BCUT2D eigenvalue weighted by atomic mass is 35.5. The van der Waals surface area contributed by atoms with Gasteiger partial charge in [-0.2, -0.15) is 0 Å². The van der Waals surface area contributed by atoms with Crippen LogP contribution in [0.1, 0.15) is 23.1 Å². The molecule has 4 heteroatoms. The van der Waals surface area contributed by atoms with Crippen molar-refractivity contribution in [1.82, 2.24) is 5.32 Å². The van der Waals surface area contributed by atoms with Gasteiger partial charge in [0.25, 0.3) is 0 Å². The minimum Gasteiger partial charge on any atom is -0.351 e. The van der Waals surface area contributed by atoms with Gasteiger partial charge in [-0.25, -0.2) is 4.99 Å². The van der Waals surface area contributed by atoms with E-state index in [1.807, 2.05) is 24.3 Å². The molecule has 1 aliphatic carbocycles. The molecule has 0 aromatic heterocycles. The summed E-state index contributed by atoms with van der Waals surface area (Å²) in [6, 6.07) is 16.3. The smallest absolute Gasteiger partial charge is 0.171 e. The van der Waals surface area contributed by atoms with E-state index in [1.54, 1.807) is 0 Å². The third-order valence-corrected chi connectivity index (χ3v) is 4.45. The summed E-state index contributed by atoms with van der Waals surface area (Å²) in [7, 11) is 0. The van der Waals surface area contributed by atoms with Crippen molar-refractivity contribution in [1.29, 1.82) is 0 Å². The first kappa shape index (κ1) is 13.6. The molecule has 2 aromatic carbocycles. The Morgan fingerprint density at radius 1 is 1.05 bits per heavy atom. The van der Waals surface area contributed by atoms with Gasteiger partial charge in [0.05, 0.1) is 5.71 Å². The lowest BCUT2D eigenvalue weighted by Crippen LogP contribution is -2.41. The highest BCUT2D eigenvalue weighted by Crippen LogP contribution is 2.34. The summed E-state index contributed by atoms with van der Waals surface area (Å²) in [5.74, 6) is 0. The monoisotopic (exact) mass is 309 g/mol. The first-order valence-electron chi connectivity index (χ1n) is 7.40. The Labute approximate surface area is 134 Å². The second-order valence-corrected chi connectivity index (χ2v) is 6.02. The second-order valence-electron chi connectivity index (χ2n) is 5.58. The predicted octanol–water partition coefficient (Wildman–Crippen LogP) is 3.33. The molecule has 3 N–H and O–H groups in total. The molecule has 1 heterocycles. The highest BCUT2D eigenvalue weighted by Gasteiger charge is 2.27. The topological polar surface area (TPSA) is 50.4 Å². The lowest BCUT2D eigenvalue weighted by molar-refractivity contribution is 0.638. The van der Waals surface area contributed by atoms with Crippen molar-refractivity contribution in [2.75, 3.05) is 0 Å². The Morgan fingerprint density at radius 3 is 2.64 bits per heavy atom. The molecule has 0 radical (unpaired) electrons. The van der Waals surface area contributed by atoms with Crippen molar-refractivity contribution in [3.05, 3.63) is 75.8 Å². The third-order valence-electron chi connectivity index (χ3n) is 4.20. The number of fused-ring (bicyclic) bond motifs is 2. The Kier molecular flexibility index (Phi) is 3.25. The standard InChI is InChI=1S/C18H16ClN3/c19-13-8-5-12(6-9-13)16-15-10-7-11-3-1-2-4-14(11)17(15)22-18(20)21-16/h1-6,8-9,18,22H,7,10,20H2/t18-/m1/s1. The fourth-order valence-electron chi connectivity index (χ4n) is 3.18. The maximum absolute atomic E-state index is 6.10. The van der Waals surface area contributed by atoms with E-state index >= 15 is 0 Å². The number of nitrogens with zero attached hydrogens (tertiary/aromatic N) is 1. The maximum atomic E-state index is 6.10. The minimum absolute atomic E-state index is 0.421. The molecule has 2 aliphatic rings. The average Bonchev–Trinajstić information content (AvgIpc) is 2.55. The van der Waals surface area contributed by atoms with Gasteiger partial charge in [-0.1, -0.05) is 48.0 Å². The number of benzene rings is 2. The van der Waals surface area contributed by atoms with Crippen LogP contribution < -0.4 is 11.1 Å². The van der Waals surface area contributed by atoms with E-state index in [1.165, 1.54) is 16.7 Å². The van der Waals surface area contributed by atoms with E-state index in [0.29, 0.717) is 0 Å². The number of hydrogen-bond acceptors (Lipinski definition) is 3.